The predicted octanol–water partition coefficient (Wildman–Crippen LogP) is 2.40. The molecule has 0 aliphatic rings. The van der Waals surface area contributed by atoms with Crippen LogP contribution in [0.5, 0.6) is 17.2 Å². The highest BCUT2D eigenvalue weighted by molar-refractivity contribution is 5.91. The van der Waals surface area contributed by atoms with Crippen molar-refractivity contribution in [3.8, 4) is 17.2 Å². The van der Waals surface area contributed by atoms with E-state index in [1.54, 1.807) is 30.3 Å². The molecule has 0 saturated carbocycles. The van der Waals surface area contributed by atoms with Crippen molar-refractivity contribution in [2.75, 3.05) is 27.9 Å². The fourth-order valence-corrected chi connectivity index (χ4v) is 3.95. The van der Waals surface area contributed by atoms with E-state index in [1.165, 1.54) is 61.3 Å². The summed E-state index contributed by atoms with van der Waals surface area (Å²) in [5.74, 6) is 1.07. The van der Waals surface area contributed by atoms with Crippen molar-refractivity contribution in [1.82, 2.24) is 24.6 Å². The van der Waals surface area contributed by atoms with Gasteiger partial charge in [-0.2, -0.15) is 5.10 Å². The molecule has 0 spiro atoms. The van der Waals surface area contributed by atoms with Crippen molar-refractivity contribution in [2.24, 2.45) is 0 Å². The van der Waals surface area contributed by atoms with Gasteiger partial charge in [-0.05, 0) is 29.3 Å². The monoisotopic (exact) mass is 534 g/mol. The highest BCUT2D eigenvalue weighted by Crippen LogP contribution is 2.38. The van der Waals surface area contributed by atoms with E-state index in [0.717, 1.165) is 0 Å². The average molecular weight is 535 g/mol. The first-order valence-corrected chi connectivity index (χ1v) is 11.7. The number of rotatable bonds is 11. The second-order valence-electron chi connectivity index (χ2n) is 8.29. The molecule has 0 aliphatic heterocycles. The third-order valence-electron chi connectivity index (χ3n) is 5.83. The fraction of sp³-hybridized carbons (Fsp3) is 0.231. The van der Waals surface area contributed by atoms with Crippen LogP contribution in [0.3, 0.4) is 0 Å². The van der Waals surface area contributed by atoms with Gasteiger partial charge in [0.1, 0.15) is 11.7 Å². The van der Waals surface area contributed by atoms with E-state index in [2.05, 4.69) is 15.4 Å². The molecule has 13 nitrogen and oxygen atoms in total. The van der Waals surface area contributed by atoms with E-state index in [1.807, 2.05) is 0 Å². The van der Waals surface area contributed by atoms with Crippen LogP contribution >= 0.6 is 0 Å². The molecule has 2 heterocycles. The third kappa shape index (κ3) is 6.04. The molecule has 2 aromatic heterocycles. The minimum atomic E-state index is -0.486. The van der Waals surface area contributed by atoms with Crippen LogP contribution < -0.4 is 25.1 Å². The highest BCUT2D eigenvalue weighted by atomic mass is 16.6. The molecule has 13 heteroatoms. The molecule has 1 N–H and O–H groups in total. The standard InChI is InChI=1S/C26H26N6O7/c1-37-21-12-17(13-22(38-2)24(21)39-3)7-8-23(33)27-9-10-31-25-20(14-29-31)26(34)30(16-28-25)15-18-5-4-6-19(11-18)32(35)36/h4-8,11-14,16H,9-10,15H2,1-3H3,(H,27,33)/b8-7-. The van der Waals surface area contributed by atoms with Gasteiger partial charge < -0.3 is 19.5 Å². The molecule has 0 aliphatic carbocycles. The van der Waals surface area contributed by atoms with Crippen LogP contribution in [0.25, 0.3) is 17.1 Å². The van der Waals surface area contributed by atoms with Gasteiger partial charge >= 0.3 is 0 Å². The van der Waals surface area contributed by atoms with Crippen LogP contribution in [0.4, 0.5) is 5.69 Å². The molecule has 0 fully saturated rings. The van der Waals surface area contributed by atoms with Crippen LogP contribution in [0.1, 0.15) is 11.1 Å². The van der Waals surface area contributed by atoms with E-state index in [9.17, 15) is 19.7 Å². The zero-order chi connectivity index (χ0) is 27.9. The highest BCUT2D eigenvalue weighted by Gasteiger charge is 2.13. The average Bonchev–Trinajstić information content (AvgIpc) is 3.36. The molecule has 4 rings (SSSR count). The third-order valence-corrected chi connectivity index (χ3v) is 5.83. The molecule has 0 unspecified atom stereocenters. The number of methoxy groups -OCH3 is 3. The Hall–Kier alpha value is -5.20. The number of carbonyl (C=O) groups excluding carboxylic acids is 1. The van der Waals surface area contributed by atoms with Crippen molar-refractivity contribution >= 4 is 28.7 Å². The molecule has 202 valence electrons. The van der Waals surface area contributed by atoms with Gasteiger partial charge in [-0.25, -0.2) is 9.67 Å². The number of ether oxygens (including phenoxy) is 3. The van der Waals surface area contributed by atoms with Gasteiger partial charge in [-0.15, -0.1) is 0 Å². The topological polar surface area (TPSA) is 153 Å². The Bertz CT molecular complexity index is 1580. The number of hydrogen-bond acceptors (Lipinski definition) is 9. The van der Waals surface area contributed by atoms with Crippen molar-refractivity contribution in [3.63, 3.8) is 0 Å². The largest absolute Gasteiger partial charge is 0.493 e. The van der Waals surface area contributed by atoms with Crippen LogP contribution in [-0.2, 0) is 17.9 Å². The Labute approximate surface area is 222 Å². The smallest absolute Gasteiger partial charge is 0.269 e. The molecule has 0 atom stereocenters. The second-order valence-corrected chi connectivity index (χ2v) is 8.29. The lowest BCUT2D eigenvalue weighted by Crippen LogP contribution is -2.26. The first-order valence-electron chi connectivity index (χ1n) is 11.7. The van der Waals surface area contributed by atoms with Gasteiger partial charge in [-0.3, -0.25) is 24.3 Å². The van der Waals surface area contributed by atoms with Gasteiger partial charge in [-0.1, -0.05) is 12.1 Å². The van der Waals surface area contributed by atoms with Crippen molar-refractivity contribution in [3.05, 3.63) is 86.6 Å². The maximum atomic E-state index is 12.9. The number of nitrogens with one attached hydrogen (secondary N) is 1. The Balaban J connectivity index is 1.39. The second kappa shape index (κ2) is 11.9. The number of amides is 1. The normalized spacial score (nSPS) is 11.1. The summed E-state index contributed by atoms with van der Waals surface area (Å²) in [5.41, 5.74) is 1.28. The van der Waals surface area contributed by atoms with Gasteiger partial charge in [0, 0.05) is 24.8 Å². The lowest BCUT2D eigenvalue weighted by molar-refractivity contribution is -0.384. The van der Waals surface area contributed by atoms with Gasteiger partial charge in [0.15, 0.2) is 17.1 Å². The number of nitro groups is 1. The number of non-ortho nitro benzene ring substituents is 1. The minimum absolute atomic E-state index is 0.0530. The van der Waals surface area contributed by atoms with Crippen molar-refractivity contribution in [2.45, 2.75) is 13.1 Å². The SMILES string of the molecule is COc1cc(/C=C\C(=O)NCCn2ncc3c(=O)n(Cc4cccc([N+](=O)[O-])c4)cnc32)cc(OC)c1OC. The Kier molecular flexibility index (Phi) is 8.19. The molecular formula is C26H26N6O7. The van der Waals surface area contributed by atoms with E-state index in [4.69, 9.17) is 14.2 Å². The summed E-state index contributed by atoms with van der Waals surface area (Å²) < 4.78 is 18.8. The van der Waals surface area contributed by atoms with Crippen molar-refractivity contribution in [1.29, 1.82) is 0 Å². The van der Waals surface area contributed by atoms with Gasteiger partial charge in [0.25, 0.3) is 11.2 Å². The number of fused-ring (bicyclic) bond motifs is 1. The molecule has 2 aromatic carbocycles. The van der Waals surface area contributed by atoms with E-state index in [-0.39, 0.29) is 36.8 Å². The maximum Gasteiger partial charge on any atom is 0.269 e. The van der Waals surface area contributed by atoms with Gasteiger partial charge in [0.05, 0.1) is 45.5 Å². The van der Waals surface area contributed by atoms with Gasteiger partial charge in [0.2, 0.25) is 11.7 Å². The summed E-state index contributed by atoms with van der Waals surface area (Å²) in [7, 11) is 4.54. The molecule has 0 bridgehead atoms. The van der Waals surface area contributed by atoms with E-state index < -0.39 is 4.92 Å². The van der Waals surface area contributed by atoms with E-state index in [0.29, 0.717) is 39.4 Å². The van der Waals surface area contributed by atoms with Crippen LogP contribution in [0.15, 0.2) is 59.8 Å². The summed E-state index contributed by atoms with van der Waals surface area (Å²) in [6, 6.07) is 9.51. The number of nitrogens with zero attached hydrogens (tertiary/aromatic N) is 5. The molecule has 0 radical (unpaired) electrons. The number of aromatic nitrogens is 4. The summed E-state index contributed by atoms with van der Waals surface area (Å²) in [5, 5.41) is 18.3. The molecular weight excluding hydrogens is 508 g/mol. The summed E-state index contributed by atoms with van der Waals surface area (Å²) in [6.45, 7) is 0.658. The maximum absolute atomic E-state index is 12.9. The Morgan fingerprint density at radius 3 is 2.54 bits per heavy atom. The lowest BCUT2D eigenvalue weighted by Gasteiger charge is -2.12. The number of hydrogen-bond donors (Lipinski definition) is 1. The molecule has 39 heavy (non-hydrogen) atoms. The fourth-order valence-electron chi connectivity index (χ4n) is 3.95. The molecule has 4 aromatic rings. The van der Waals surface area contributed by atoms with Crippen LogP contribution in [-0.4, -0.2) is 58.0 Å². The first-order chi connectivity index (χ1) is 18.8. The predicted molar refractivity (Wildman–Crippen MR) is 142 cm³/mol. The summed E-state index contributed by atoms with van der Waals surface area (Å²) >= 11 is 0. The zero-order valence-corrected chi connectivity index (χ0v) is 21.5. The number of carbonyl (C=O) groups is 1. The minimum Gasteiger partial charge on any atom is -0.493 e. The summed E-state index contributed by atoms with van der Waals surface area (Å²) in [6.07, 6.45) is 5.79. The lowest BCUT2D eigenvalue weighted by atomic mass is 10.1. The van der Waals surface area contributed by atoms with Crippen LogP contribution in [0.2, 0.25) is 0 Å². The van der Waals surface area contributed by atoms with E-state index >= 15 is 0 Å². The Morgan fingerprint density at radius 1 is 1.13 bits per heavy atom. The van der Waals surface area contributed by atoms with Crippen LogP contribution in [0, 0.1) is 10.1 Å². The first kappa shape index (κ1) is 26.9. The summed E-state index contributed by atoms with van der Waals surface area (Å²) in [4.78, 5) is 40.2. The quantitative estimate of drug-likeness (QED) is 0.174. The zero-order valence-electron chi connectivity index (χ0n) is 21.5. The number of benzene rings is 2. The number of nitro benzene ring substituents is 1. The van der Waals surface area contributed by atoms with Crippen molar-refractivity contribution < 1.29 is 23.9 Å². The Morgan fingerprint density at radius 2 is 1.87 bits per heavy atom. The molecule has 1 amide bonds. The molecule has 0 saturated heterocycles.